The van der Waals surface area contributed by atoms with E-state index in [1.807, 2.05) is 37.3 Å². The van der Waals surface area contributed by atoms with Crippen molar-refractivity contribution < 1.29 is 9.21 Å². The molecule has 25 heavy (non-hydrogen) atoms. The van der Waals surface area contributed by atoms with Crippen molar-refractivity contribution in [2.24, 2.45) is 0 Å². The number of carbonyl (C=O) groups excluding carboxylic acids is 1. The number of benzene rings is 1. The predicted molar refractivity (Wildman–Crippen MR) is 96.2 cm³/mol. The van der Waals surface area contributed by atoms with Gasteiger partial charge >= 0.3 is 0 Å². The SMILES string of the molecule is Cc1ccc(-c2nnc(S[C@@H](C)C(=O)NCc3ccco3)n2N)cc1. The number of amides is 1. The molecule has 2 heterocycles. The molecule has 0 aliphatic carbocycles. The van der Waals surface area contributed by atoms with Gasteiger partial charge in [-0.15, -0.1) is 10.2 Å². The number of nitrogens with zero attached hydrogens (tertiary/aromatic N) is 3. The average Bonchev–Trinajstić information content (AvgIpc) is 3.24. The summed E-state index contributed by atoms with van der Waals surface area (Å²) in [5.74, 6) is 7.24. The zero-order valence-electron chi connectivity index (χ0n) is 14.0. The van der Waals surface area contributed by atoms with E-state index < -0.39 is 0 Å². The van der Waals surface area contributed by atoms with Crippen molar-refractivity contribution in [3.63, 3.8) is 0 Å². The molecule has 0 aliphatic rings. The molecule has 7 nitrogen and oxygen atoms in total. The van der Waals surface area contributed by atoms with Crippen LogP contribution in [0, 0.1) is 6.92 Å². The Morgan fingerprint density at radius 3 is 2.76 bits per heavy atom. The van der Waals surface area contributed by atoms with E-state index in [9.17, 15) is 4.79 Å². The summed E-state index contributed by atoms with van der Waals surface area (Å²) in [5.41, 5.74) is 2.03. The third-order valence-corrected chi connectivity index (χ3v) is 4.70. The summed E-state index contributed by atoms with van der Waals surface area (Å²) in [4.78, 5) is 12.2. The summed E-state index contributed by atoms with van der Waals surface area (Å²) < 4.78 is 6.60. The van der Waals surface area contributed by atoms with E-state index in [2.05, 4.69) is 15.5 Å². The Morgan fingerprint density at radius 2 is 2.08 bits per heavy atom. The van der Waals surface area contributed by atoms with Gasteiger partial charge in [-0.3, -0.25) is 4.79 Å². The molecule has 0 aliphatic heterocycles. The number of furan rings is 1. The Bertz CT molecular complexity index is 843. The van der Waals surface area contributed by atoms with Crippen LogP contribution >= 0.6 is 11.8 Å². The molecule has 0 fully saturated rings. The number of nitrogens with two attached hydrogens (primary N) is 1. The topological polar surface area (TPSA) is 99.0 Å². The lowest BCUT2D eigenvalue weighted by Gasteiger charge is -2.10. The first-order valence-corrected chi connectivity index (χ1v) is 8.67. The summed E-state index contributed by atoms with van der Waals surface area (Å²) in [7, 11) is 0. The summed E-state index contributed by atoms with van der Waals surface area (Å²) >= 11 is 1.26. The predicted octanol–water partition coefficient (Wildman–Crippen LogP) is 2.36. The number of carbonyl (C=O) groups is 1. The van der Waals surface area contributed by atoms with Crippen LogP contribution in [0.5, 0.6) is 0 Å². The van der Waals surface area contributed by atoms with Crippen LogP contribution in [0.25, 0.3) is 11.4 Å². The molecule has 0 radical (unpaired) electrons. The van der Waals surface area contributed by atoms with E-state index in [0.29, 0.717) is 23.3 Å². The third-order valence-electron chi connectivity index (χ3n) is 3.64. The van der Waals surface area contributed by atoms with E-state index in [1.54, 1.807) is 19.3 Å². The highest BCUT2D eigenvalue weighted by Crippen LogP contribution is 2.25. The van der Waals surface area contributed by atoms with Crippen LogP contribution in [0.2, 0.25) is 0 Å². The molecule has 0 saturated carbocycles. The minimum atomic E-state index is -0.368. The average molecular weight is 357 g/mol. The van der Waals surface area contributed by atoms with Crippen molar-refractivity contribution in [2.45, 2.75) is 30.8 Å². The highest BCUT2D eigenvalue weighted by molar-refractivity contribution is 8.00. The van der Waals surface area contributed by atoms with Crippen LogP contribution in [-0.2, 0) is 11.3 Å². The molecule has 0 bridgehead atoms. The minimum absolute atomic E-state index is 0.124. The molecule has 3 N–H and O–H groups in total. The van der Waals surface area contributed by atoms with E-state index in [-0.39, 0.29) is 11.2 Å². The Kier molecular flexibility index (Phi) is 5.08. The van der Waals surface area contributed by atoms with Crippen molar-refractivity contribution >= 4 is 17.7 Å². The number of aryl methyl sites for hydroxylation is 1. The maximum Gasteiger partial charge on any atom is 0.233 e. The number of thioether (sulfide) groups is 1. The Hall–Kier alpha value is -2.74. The number of nitrogens with one attached hydrogen (secondary N) is 1. The summed E-state index contributed by atoms with van der Waals surface area (Å²) in [6, 6.07) is 11.4. The van der Waals surface area contributed by atoms with E-state index in [1.165, 1.54) is 16.4 Å². The fraction of sp³-hybridized carbons (Fsp3) is 0.235. The van der Waals surface area contributed by atoms with Crippen molar-refractivity contribution in [1.82, 2.24) is 20.2 Å². The first-order valence-electron chi connectivity index (χ1n) is 7.79. The van der Waals surface area contributed by atoms with Crippen LogP contribution in [0.4, 0.5) is 0 Å². The van der Waals surface area contributed by atoms with E-state index in [4.69, 9.17) is 10.3 Å². The molecule has 1 aromatic carbocycles. The van der Waals surface area contributed by atoms with Crippen molar-refractivity contribution in [1.29, 1.82) is 0 Å². The largest absolute Gasteiger partial charge is 0.467 e. The van der Waals surface area contributed by atoms with Gasteiger partial charge < -0.3 is 15.6 Å². The van der Waals surface area contributed by atoms with Crippen molar-refractivity contribution in [3.05, 3.63) is 54.0 Å². The standard InChI is InChI=1S/C17H19N5O2S/c1-11-5-7-13(8-6-11)15-20-21-17(22(15)18)25-12(2)16(23)19-10-14-4-3-9-24-14/h3-9,12H,10,18H2,1-2H3,(H,19,23)/t12-/m0/s1. The Morgan fingerprint density at radius 1 is 1.32 bits per heavy atom. The van der Waals surface area contributed by atoms with Gasteiger partial charge in [0.2, 0.25) is 11.1 Å². The molecule has 3 aromatic rings. The zero-order valence-corrected chi connectivity index (χ0v) is 14.8. The highest BCUT2D eigenvalue weighted by atomic mass is 32.2. The van der Waals surface area contributed by atoms with Crippen LogP contribution < -0.4 is 11.2 Å². The number of aromatic nitrogens is 3. The quantitative estimate of drug-likeness (QED) is 0.519. The van der Waals surface area contributed by atoms with E-state index >= 15 is 0 Å². The molecule has 1 atom stereocenters. The number of nitrogen functional groups attached to an aromatic ring is 1. The molecular formula is C17H19N5O2S. The lowest BCUT2D eigenvalue weighted by atomic mass is 10.1. The molecule has 3 rings (SSSR count). The lowest BCUT2D eigenvalue weighted by molar-refractivity contribution is -0.120. The number of hydrogen-bond acceptors (Lipinski definition) is 6. The first kappa shape index (κ1) is 17.1. The highest BCUT2D eigenvalue weighted by Gasteiger charge is 2.20. The molecular weight excluding hydrogens is 338 g/mol. The Labute approximate surface area is 149 Å². The van der Waals surface area contributed by atoms with Crippen molar-refractivity contribution in [2.75, 3.05) is 5.84 Å². The van der Waals surface area contributed by atoms with Gasteiger partial charge in [0.05, 0.1) is 18.1 Å². The first-order chi connectivity index (χ1) is 12.0. The minimum Gasteiger partial charge on any atom is -0.467 e. The summed E-state index contributed by atoms with van der Waals surface area (Å²) in [6.07, 6.45) is 1.57. The van der Waals surface area contributed by atoms with Crippen molar-refractivity contribution in [3.8, 4) is 11.4 Å². The van der Waals surface area contributed by atoms with E-state index in [0.717, 1.165) is 11.1 Å². The van der Waals surface area contributed by atoms with Gasteiger partial charge in [-0.05, 0) is 26.0 Å². The molecule has 0 saturated heterocycles. The lowest BCUT2D eigenvalue weighted by Crippen LogP contribution is -2.30. The maximum atomic E-state index is 12.2. The van der Waals surface area contributed by atoms with Crippen LogP contribution in [0.1, 0.15) is 18.2 Å². The number of hydrogen-bond donors (Lipinski definition) is 2. The van der Waals surface area contributed by atoms with Gasteiger partial charge in [0, 0.05) is 5.56 Å². The summed E-state index contributed by atoms with van der Waals surface area (Å²) in [5, 5.41) is 11.2. The molecule has 0 spiro atoms. The Balaban J connectivity index is 1.64. The van der Waals surface area contributed by atoms with Crippen LogP contribution in [-0.4, -0.2) is 26.0 Å². The normalized spacial score (nSPS) is 12.1. The van der Waals surface area contributed by atoms with Gasteiger partial charge in [0.15, 0.2) is 5.82 Å². The van der Waals surface area contributed by atoms with Crippen LogP contribution in [0.15, 0.2) is 52.2 Å². The fourth-order valence-electron chi connectivity index (χ4n) is 2.20. The molecule has 8 heteroatoms. The monoisotopic (exact) mass is 357 g/mol. The smallest absolute Gasteiger partial charge is 0.233 e. The van der Waals surface area contributed by atoms with Gasteiger partial charge in [-0.2, -0.15) is 0 Å². The van der Waals surface area contributed by atoms with Crippen LogP contribution in [0.3, 0.4) is 0 Å². The molecule has 1 amide bonds. The van der Waals surface area contributed by atoms with Gasteiger partial charge in [0.25, 0.3) is 0 Å². The molecule has 2 aromatic heterocycles. The van der Waals surface area contributed by atoms with Gasteiger partial charge in [0.1, 0.15) is 5.76 Å². The fourth-order valence-corrected chi connectivity index (χ4v) is 2.99. The third kappa shape index (κ3) is 4.03. The zero-order chi connectivity index (χ0) is 17.8. The second kappa shape index (κ2) is 7.43. The molecule has 130 valence electrons. The van der Waals surface area contributed by atoms with Gasteiger partial charge in [-0.25, -0.2) is 4.68 Å². The summed E-state index contributed by atoms with van der Waals surface area (Å²) in [6.45, 7) is 4.16. The van der Waals surface area contributed by atoms with Gasteiger partial charge in [-0.1, -0.05) is 41.6 Å². The second-order valence-electron chi connectivity index (χ2n) is 5.60. The number of rotatable bonds is 6. The second-order valence-corrected chi connectivity index (χ2v) is 6.91. The molecule has 0 unspecified atom stereocenters. The maximum absolute atomic E-state index is 12.2.